The number of rotatable bonds is 6. The maximum absolute atomic E-state index is 12.5. The fourth-order valence-corrected chi connectivity index (χ4v) is 4.16. The average molecular weight is 384 g/mol. The summed E-state index contributed by atoms with van der Waals surface area (Å²) in [5.41, 5.74) is -0.378. The van der Waals surface area contributed by atoms with Gasteiger partial charge in [0.1, 0.15) is 17.8 Å². The van der Waals surface area contributed by atoms with Crippen LogP contribution < -0.4 is 0 Å². The van der Waals surface area contributed by atoms with Crippen molar-refractivity contribution < 1.29 is 31.9 Å². The van der Waals surface area contributed by atoms with E-state index in [-0.39, 0.29) is 17.9 Å². The van der Waals surface area contributed by atoms with Crippen molar-refractivity contribution >= 4 is 10.1 Å². The van der Waals surface area contributed by atoms with Gasteiger partial charge in [-0.15, -0.1) is 6.58 Å². The molecule has 1 aromatic rings. The maximum Gasteiger partial charge on any atom is 0.297 e. The molecule has 0 spiro atoms. The molecule has 26 heavy (non-hydrogen) atoms. The van der Waals surface area contributed by atoms with Crippen molar-refractivity contribution in [2.45, 2.75) is 62.0 Å². The number of benzene rings is 1. The molecule has 7 nitrogen and oxygen atoms in total. The Kier molecular flexibility index (Phi) is 5.02. The van der Waals surface area contributed by atoms with Crippen molar-refractivity contribution in [2.24, 2.45) is 0 Å². The lowest BCUT2D eigenvalue weighted by molar-refractivity contribution is -0.242. The predicted molar refractivity (Wildman–Crippen MR) is 92.8 cm³/mol. The third-order valence-corrected chi connectivity index (χ3v) is 5.84. The van der Waals surface area contributed by atoms with E-state index in [2.05, 4.69) is 6.58 Å². The van der Waals surface area contributed by atoms with Crippen LogP contribution in [0.2, 0.25) is 0 Å². The van der Waals surface area contributed by atoms with E-state index in [1.807, 2.05) is 6.92 Å². The van der Waals surface area contributed by atoms with Gasteiger partial charge in [0, 0.05) is 6.42 Å². The molecule has 1 aromatic carbocycles. The van der Waals surface area contributed by atoms with Crippen molar-refractivity contribution in [3.8, 4) is 0 Å². The average Bonchev–Trinajstić information content (AvgIpc) is 3.03. The van der Waals surface area contributed by atoms with Crippen LogP contribution in [0.5, 0.6) is 0 Å². The third-order valence-electron chi connectivity index (χ3n) is 4.57. The Morgan fingerprint density at radius 3 is 2.54 bits per heavy atom. The smallest absolute Gasteiger partial charge is 0.297 e. The number of ether oxygens (including phenoxy) is 3. The van der Waals surface area contributed by atoms with Crippen molar-refractivity contribution in [3.05, 3.63) is 42.5 Å². The van der Waals surface area contributed by atoms with Crippen LogP contribution in [0, 0.1) is 6.92 Å². The van der Waals surface area contributed by atoms with Gasteiger partial charge in [0.25, 0.3) is 10.1 Å². The Hall–Kier alpha value is -1.29. The van der Waals surface area contributed by atoms with Gasteiger partial charge in [-0.05, 0) is 32.9 Å². The minimum absolute atomic E-state index is 0.0400. The minimum Gasteiger partial charge on any atom is -0.386 e. The van der Waals surface area contributed by atoms with E-state index in [1.54, 1.807) is 26.0 Å². The SMILES string of the molecule is C=C[C@H](O)[C@]1(COS(=O)(=O)c2ccc(C)cc2)C[C@H]2OC(C)(C)O[C@H]2O1. The lowest BCUT2D eigenvalue weighted by Crippen LogP contribution is -2.47. The second-order valence-electron chi connectivity index (χ2n) is 7.14. The van der Waals surface area contributed by atoms with Gasteiger partial charge in [0.15, 0.2) is 12.1 Å². The third kappa shape index (κ3) is 3.71. The van der Waals surface area contributed by atoms with Crippen LogP contribution in [0.15, 0.2) is 41.8 Å². The van der Waals surface area contributed by atoms with Gasteiger partial charge in [0.2, 0.25) is 0 Å². The van der Waals surface area contributed by atoms with Gasteiger partial charge in [-0.25, -0.2) is 0 Å². The molecular formula is C18H24O7S. The van der Waals surface area contributed by atoms with Gasteiger partial charge in [-0.1, -0.05) is 23.8 Å². The summed E-state index contributed by atoms with van der Waals surface area (Å²) in [5.74, 6) is -0.796. The first kappa shape index (κ1) is 19.5. The highest BCUT2D eigenvalue weighted by atomic mass is 32.2. The Bertz CT molecular complexity index is 753. The molecule has 0 radical (unpaired) electrons. The number of fused-ring (bicyclic) bond motifs is 1. The zero-order chi connectivity index (χ0) is 19.2. The van der Waals surface area contributed by atoms with Gasteiger partial charge in [-0.2, -0.15) is 8.42 Å². The van der Waals surface area contributed by atoms with Crippen LogP contribution in [0.1, 0.15) is 25.8 Å². The van der Waals surface area contributed by atoms with Crippen LogP contribution in [-0.4, -0.2) is 50.0 Å². The summed E-state index contributed by atoms with van der Waals surface area (Å²) in [4.78, 5) is 0.0400. The second kappa shape index (κ2) is 6.70. The molecule has 3 rings (SSSR count). The maximum atomic E-state index is 12.5. The summed E-state index contributed by atoms with van der Waals surface area (Å²) in [6.07, 6.45) is -0.765. The molecule has 2 saturated heterocycles. The Morgan fingerprint density at radius 2 is 1.96 bits per heavy atom. The quantitative estimate of drug-likeness (QED) is 0.591. The van der Waals surface area contributed by atoms with Crippen LogP contribution >= 0.6 is 0 Å². The first-order valence-corrected chi connectivity index (χ1v) is 9.78. The minimum atomic E-state index is -4.00. The van der Waals surface area contributed by atoms with E-state index < -0.39 is 40.0 Å². The lowest BCUT2D eigenvalue weighted by atomic mass is 9.93. The summed E-state index contributed by atoms with van der Waals surface area (Å²) in [7, 11) is -4.00. The molecule has 4 atom stereocenters. The van der Waals surface area contributed by atoms with Gasteiger partial charge in [-0.3, -0.25) is 4.18 Å². The fraction of sp³-hybridized carbons (Fsp3) is 0.556. The number of hydrogen-bond acceptors (Lipinski definition) is 7. The van der Waals surface area contributed by atoms with E-state index >= 15 is 0 Å². The number of aliphatic hydroxyl groups is 1. The van der Waals surface area contributed by atoms with Gasteiger partial charge >= 0.3 is 0 Å². The van der Waals surface area contributed by atoms with Crippen molar-refractivity contribution in [1.29, 1.82) is 0 Å². The zero-order valence-electron chi connectivity index (χ0n) is 15.0. The zero-order valence-corrected chi connectivity index (χ0v) is 15.9. The van der Waals surface area contributed by atoms with Gasteiger partial charge in [0.05, 0.1) is 11.5 Å². The molecule has 0 aromatic heterocycles. The normalized spacial score (nSPS) is 31.5. The summed E-state index contributed by atoms with van der Waals surface area (Å²) < 4.78 is 47.4. The molecule has 2 aliphatic rings. The highest BCUT2D eigenvalue weighted by molar-refractivity contribution is 7.86. The lowest BCUT2D eigenvalue weighted by Gasteiger charge is -2.33. The molecule has 144 valence electrons. The van der Waals surface area contributed by atoms with Gasteiger partial charge < -0.3 is 19.3 Å². The molecule has 2 heterocycles. The van der Waals surface area contributed by atoms with Crippen LogP contribution in [0.3, 0.4) is 0 Å². The van der Waals surface area contributed by atoms with E-state index in [1.165, 1.54) is 18.2 Å². The largest absolute Gasteiger partial charge is 0.386 e. The molecule has 2 aliphatic heterocycles. The first-order chi connectivity index (χ1) is 12.1. The monoisotopic (exact) mass is 384 g/mol. The summed E-state index contributed by atoms with van der Waals surface area (Å²) >= 11 is 0. The topological polar surface area (TPSA) is 91.3 Å². The van der Waals surface area contributed by atoms with Crippen LogP contribution in [0.25, 0.3) is 0 Å². The molecule has 0 unspecified atom stereocenters. The van der Waals surface area contributed by atoms with Crippen molar-refractivity contribution in [1.82, 2.24) is 0 Å². The first-order valence-electron chi connectivity index (χ1n) is 8.37. The van der Waals surface area contributed by atoms with Crippen molar-refractivity contribution in [2.75, 3.05) is 6.61 Å². The van der Waals surface area contributed by atoms with E-state index in [4.69, 9.17) is 18.4 Å². The molecule has 2 fully saturated rings. The summed E-state index contributed by atoms with van der Waals surface area (Å²) in [6.45, 7) is 8.58. The number of aliphatic hydroxyl groups excluding tert-OH is 1. The van der Waals surface area contributed by atoms with Crippen LogP contribution in [0.4, 0.5) is 0 Å². The van der Waals surface area contributed by atoms with E-state index in [9.17, 15) is 13.5 Å². The number of aryl methyl sites for hydroxylation is 1. The van der Waals surface area contributed by atoms with Crippen LogP contribution in [-0.2, 0) is 28.5 Å². The Labute approximate surface area is 153 Å². The summed E-state index contributed by atoms with van der Waals surface area (Å²) in [5, 5.41) is 10.4. The molecule has 0 aliphatic carbocycles. The Morgan fingerprint density at radius 1 is 1.31 bits per heavy atom. The Balaban J connectivity index is 1.77. The fourth-order valence-electron chi connectivity index (χ4n) is 3.20. The molecule has 0 bridgehead atoms. The van der Waals surface area contributed by atoms with E-state index in [0.717, 1.165) is 5.56 Å². The predicted octanol–water partition coefficient (Wildman–Crippen LogP) is 1.88. The molecule has 0 amide bonds. The van der Waals surface area contributed by atoms with Crippen molar-refractivity contribution in [3.63, 3.8) is 0 Å². The summed E-state index contributed by atoms with van der Waals surface area (Å²) in [6, 6.07) is 6.32. The second-order valence-corrected chi connectivity index (χ2v) is 8.75. The number of hydrogen-bond donors (Lipinski definition) is 1. The van der Waals surface area contributed by atoms with E-state index in [0.29, 0.717) is 0 Å². The highest BCUT2D eigenvalue weighted by Crippen LogP contribution is 2.44. The molecular weight excluding hydrogens is 360 g/mol. The highest BCUT2D eigenvalue weighted by Gasteiger charge is 2.57. The molecule has 0 saturated carbocycles. The molecule has 8 heteroatoms. The standard InChI is InChI=1S/C18H24O7S/c1-5-15(19)18(10-14-16(25-18)24-17(3,4)23-14)11-22-26(20,21)13-8-6-12(2)7-9-13/h5-9,14-16,19H,1,10-11H2,2-4H3/t14-,15+,16+,18-/m1/s1. The molecule has 1 N–H and O–H groups in total.